The van der Waals surface area contributed by atoms with Crippen LogP contribution in [0.15, 0.2) is 4.99 Å². The number of rotatable bonds is 4. The van der Waals surface area contributed by atoms with Gasteiger partial charge in [-0.3, -0.25) is 0 Å². The van der Waals surface area contributed by atoms with Crippen LogP contribution in [0.4, 0.5) is 0 Å². The summed E-state index contributed by atoms with van der Waals surface area (Å²) in [4.78, 5) is 4.82. The lowest BCUT2D eigenvalue weighted by molar-refractivity contribution is 0.150. The number of guanidine groups is 1. The van der Waals surface area contributed by atoms with Crippen molar-refractivity contribution >= 4 is 5.96 Å². The molecule has 3 atom stereocenters. The topological polar surface area (TPSA) is 67.1 Å². The highest BCUT2D eigenvalue weighted by Gasteiger charge is 2.33. The van der Waals surface area contributed by atoms with Gasteiger partial charge in [0.25, 0.3) is 0 Å². The first-order valence-corrected chi connectivity index (χ1v) is 10.1. The fourth-order valence-electron chi connectivity index (χ4n) is 4.49. The molecule has 25 heavy (non-hydrogen) atoms. The summed E-state index contributed by atoms with van der Waals surface area (Å²) in [6.45, 7) is 2.56. The van der Waals surface area contributed by atoms with Crippen LogP contribution < -0.4 is 10.6 Å². The van der Waals surface area contributed by atoms with E-state index in [-0.39, 0.29) is 0 Å². The summed E-state index contributed by atoms with van der Waals surface area (Å²) in [6, 6.07) is 1.18. The molecular weight excluding hydrogens is 312 g/mol. The van der Waals surface area contributed by atoms with Crippen molar-refractivity contribution in [3.63, 3.8) is 0 Å². The number of aryl methyl sites for hydroxylation is 1. The maximum Gasteiger partial charge on any atom is 0.192 e. The third-order valence-electron chi connectivity index (χ3n) is 6.36. The predicted molar refractivity (Wildman–Crippen MR) is 99.3 cm³/mol. The van der Waals surface area contributed by atoms with Crippen molar-refractivity contribution in [2.24, 2.45) is 23.9 Å². The summed E-state index contributed by atoms with van der Waals surface area (Å²) in [5, 5.41) is 15.7. The van der Waals surface area contributed by atoms with Gasteiger partial charge < -0.3 is 15.2 Å². The molecule has 6 nitrogen and oxygen atoms in total. The quantitative estimate of drug-likeness (QED) is 0.651. The lowest BCUT2D eigenvalue weighted by Gasteiger charge is -2.39. The Hall–Kier alpha value is -1.59. The molecule has 4 rings (SSSR count). The molecule has 0 aromatic carbocycles. The van der Waals surface area contributed by atoms with Crippen LogP contribution in [0.25, 0.3) is 0 Å². The fraction of sp³-hybridized carbons (Fsp3) is 0.842. The van der Waals surface area contributed by atoms with Crippen LogP contribution in [-0.2, 0) is 13.6 Å². The normalized spacial score (nSPS) is 30.0. The monoisotopic (exact) mass is 344 g/mol. The van der Waals surface area contributed by atoms with E-state index in [0.717, 1.165) is 29.4 Å². The van der Waals surface area contributed by atoms with E-state index in [1.807, 2.05) is 18.5 Å². The van der Waals surface area contributed by atoms with Crippen molar-refractivity contribution < 1.29 is 0 Å². The lowest BCUT2D eigenvalue weighted by atomic mass is 9.69. The van der Waals surface area contributed by atoms with E-state index in [9.17, 15) is 0 Å². The molecule has 3 unspecified atom stereocenters. The first-order chi connectivity index (χ1) is 12.2. The van der Waals surface area contributed by atoms with Crippen molar-refractivity contribution in [1.29, 1.82) is 0 Å². The summed E-state index contributed by atoms with van der Waals surface area (Å²) < 4.78 is 2.02. The van der Waals surface area contributed by atoms with Crippen LogP contribution in [0.1, 0.15) is 69.4 Å². The molecule has 3 saturated carbocycles. The summed E-state index contributed by atoms with van der Waals surface area (Å²) in [5.74, 6) is 4.76. The highest BCUT2D eigenvalue weighted by atomic mass is 15.3. The maximum atomic E-state index is 4.82. The second kappa shape index (κ2) is 7.34. The van der Waals surface area contributed by atoms with E-state index in [1.165, 1.54) is 57.8 Å². The van der Waals surface area contributed by atoms with Gasteiger partial charge in [0.1, 0.15) is 12.4 Å². The number of nitrogens with zero attached hydrogens (tertiary/aromatic N) is 4. The van der Waals surface area contributed by atoms with Crippen LogP contribution in [0.3, 0.4) is 0 Å². The summed E-state index contributed by atoms with van der Waals surface area (Å²) in [5.41, 5.74) is 0. The Morgan fingerprint density at radius 2 is 1.72 bits per heavy atom. The second-order valence-electron chi connectivity index (χ2n) is 8.26. The number of hydrogen-bond donors (Lipinski definition) is 2. The molecule has 138 valence electrons. The minimum Gasteiger partial charge on any atom is -0.354 e. The maximum absolute atomic E-state index is 4.82. The Morgan fingerprint density at radius 1 is 1.00 bits per heavy atom. The Labute approximate surface area is 150 Å². The van der Waals surface area contributed by atoms with Crippen LogP contribution in [0, 0.1) is 18.8 Å². The first-order valence-electron chi connectivity index (χ1n) is 10.1. The van der Waals surface area contributed by atoms with Crippen LogP contribution in [-0.4, -0.2) is 32.8 Å². The molecule has 0 aliphatic heterocycles. The van der Waals surface area contributed by atoms with Crippen LogP contribution in [0.5, 0.6) is 0 Å². The Kier molecular flexibility index (Phi) is 4.95. The summed E-state index contributed by atoms with van der Waals surface area (Å²) >= 11 is 0. The molecular formula is C19H32N6. The van der Waals surface area contributed by atoms with Crippen molar-refractivity contribution in [2.75, 3.05) is 0 Å². The molecule has 0 saturated heterocycles. The van der Waals surface area contributed by atoms with Gasteiger partial charge in [0.2, 0.25) is 0 Å². The van der Waals surface area contributed by atoms with E-state index >= 15 is 0 Å². The smallest absolute Gasteiger partial charge is 0.192 e. The van der Waals surface area contributed by atoms with E-state index in [4.69, 9.17) is 4.99 Å². The molecule has 0 spiro atoms. The van der Waals surface area contributed by atoms with Crippen LogP contribution >= 0.6 is 0 Å². The van der Waals surface area contributed by atoms with E-state index in [1.54, 1.807) is 0 Å². The number of aromatic nitrogens is 3. The van der Waals surface area contributed by atoms with Gasteiger partial charge in [-0.05, 0) is 50.9 Å². The standard InChI is InChI=1S/C19H32N6/c1-13-23-24-18(25(13)2)12-20-19(21-16-9-10-16)22-17-8-7-14-5-3-4-6-15(14)11-17/h14-17H,3-12H2,1-2H3,(H2,20,21,22). The van der Waals surface area contributed by atoms with Gasteiger partial charge in [-0.25, -0.2) is 4.99 Å². The molecule has 1 heterocycles. The number of aliphatic imine (C=N–C) groups is 1. The second-order valence-corrected chi connectivity index (χ2v) is 8.26. The third kappa shape index (κ3) is 4.15. The van der Waals surface area contributed by atoms with Gasteiger partial charge in [-0.1, -0.05) is 25.7 Å². The van der Waals surface area contributed by atoms with Crippen molar-refractivity contribution in [3.05, 3.63) is 11.6 Å². The van der Waals surface area contributed by atoms with E-state index < -0.39 is 0 Å². The van der Waals surface area contributed by atoms with Gasteiger partial charge in [0.05, 0.1) is 0 Å². The van der Waals surface area contributed by atoms with E-state index in [0.29, 0.717) is 18.6 Å². The minimum atomic E-state index is 0.575. The molecule has 0 bridgehead atoms. The SMILES string of the molecule is Cc1nnc(CN=C(NC2CC2)NC2CCC3CCCCC3C2)n1C. The Balaban J connectivity index is 1.38. The third-order valence-corrected chi connectivity index (χ3v) is 6.36. The number of nitrogens with one attached hydrogen (secondary N) is 2. The zero-order chi connectivity index (χ0) is 17.2. The number of hydrogen-bond acceptors (Lipinski definition) is 3. The minimum absolute atomic E-state index is 0.575. The first kappa shape index (κ1) is 16.9. The molecule has 1 aromatic rings. The van der Waals surface area contributed by atoms with Gasteiger partial charge in [0, 0.05) is 19.1 Å². The molecule has 2 N–H and O–H groups in total. The zero-order valence-corrected chi connectivity index (χ0v) is 15.7. The average Bonchev–Trinajstić information content (AvgIpc) is 3.39. The fourth-order valence-corrected chi connectivity index (χ4v) is 4.49. The Morgan fingerprint density at radius 3 is 2.44 bits per heavy atom. The average molecular weight is 345 g/mol. The van der Waals surface area contributed by atoms with Crippen molar-refractivity contribution in [1.82, 2.24) is 25.4 Å². The summed E-state index contributed by atoms with van der Waals surface area (Å²) in [7, 11) is 2.01. The Bertz CT molecular complexity index is 617. The summed E-state index contributed by atoms with van der Waals surface area (Å²) in [6.07, 6.45) is 12.3. The van der Waals surface area contributed by atoms with Gasteiger partial charge in [0.15, 0.2) is 11.8 Å². The molecule has 0 amide bonds. The van der Waals surface area contributed by atoms with Gasteiger partial charge >= 0.3 is 0 Å². The molecule has 3 aliphatic rings. The lowest BCUT2D eigenvalue weighted by Crippen LogP contribution is -2.47. The molecule has 0 radical (unpaired) electrons. The van der Waals surface area contributed by atoms with Crippen molar-refractivity contribution in [3.8, 4) is 0 Å². The highest BCUT2D eigenvalue weighted by molar-refractivity contribution is 5.80. The molecule has 3 aliphatic carbocycles. The van der Waals surface area contributed by atoms with Crippen LogP contribution in [0.2, 0.25) is 0 Å². The predicted octanol–water partition coefficient (Wildman–Crippen LogP) is 2.68. The molecule has 3 fully saturated rings. The van der Waals surface area contributed by atoms with Gasteiger partial charge in [-0.2, -0.15) is 0 Å². The largest absolute Gasteiger partial charge is 0.354 e. The molecule has 1 aromatic heterocycles. The highest BCUT2D eigenvalue weighted by Crippen LogP contribution is 2.40. The number of fused-ring (bicyclic) bond motifs is 1. The zero-order valence-electron chi connectivity index (χ0n) is 15.7. The van der Waals surface area contributed by atoms with Gasteiger partial charge in [-0.15, -0.1) is 10.2 Å². The van der Waals surface area contributed by atoms with E-state index in [2.05, 4.69) is 20.8 Å². The molecule has 6 heteroatoms. The van der Waals surface area contributed by atoms with Crippen molar-refractivity contribution in [2.45, 2.75) is 83.3 Å².